The summed E-state index contributed by atoms with van der Waals surface area (Å²) in [6, 6.07) is 4.89. The third kappa shape index (κ3) is 3.46. The van der Waals surface area contributed by atoms with E-state index >= 15 is 0 Å². The molecular weight excluding hydrogens is 264 g/mol. The monoisotopic (exact) mass is 276 g/mol. The summed E-state index contributed by atoms with van der Waals surface area (Å²) in [6.07, 6.45) is 0.328. The molecule has 0 atom stereocenters. The maximum absolute atomic E-state index is 12.0. The molecule has 1 aromatic carbocycles. The lowest BCUT2D eigenvalue weighted by Crippen LogP contribution is -2.40. The van der Waals surface area contributed by atoms with Crippen LogP contribution in [0.5, 0.6) is 0 Å². The number of anilines is 1. The quantitative estimate of drug-likeness (QED) is 0.625. The van der Waals surface area contributed by atoms with Crippen molar-refractivity contribution in [1.82, 2.24) is 9.80 Å². The van der Waals surface area contributed by atoms with Crippen LogP contribution in [0.1, 0.15) is 10.4 Å². The second-order valence-electron chi connectivity index (χ2n) is 3.82. The summed E-state index contributed by atoms with van der Waals surface area (Å²) in [5.74, 6) is -0.647. The Balaban J connectivity index is 2.95. The SMILES string of the molecule is CN(C#N)C(=O)N(C)C(=O)c1cccc(NC(=O)O)c1. The van der Waals surface area contributed by atoms with Gasteiger partial charge in [0.1, 0.15) is 0 Å². The van der Waals surface area contributed by atoms with E-state index in [0.29, 0.717) is 4.90 Å². The van der Waals surface area contributed by atoms with Crippen LogP contribution in [-0.2, 0) is 0 Å². The van der Waals surface area contributed by atoms with Crippen molar-refractivity contribution >= 4 is 23.7 Å². The average molecular weight is 276 g/mol. The Morgan fingerprint density at radius 2 is 1.95 bits per heavy atom. The minimum atomic E-state index is -1.26. The number of carbonyl (C=O) groups excluding carboxylic acids is 2. The van der Waals surface area contributed by atoms with Crippen LogP contribution < -0.4 is 5.32 Å². The molecule has 0 spiro atoms. The van der Waals surface area contributed by atoms with Gasteiger partial charge in [0.2, 0.25) is 0 Å². The van der Waals surface area contributed by atoms with E-state index in [2.05, 4.69) is 5.32 Å². The fourth-order valence-electron chi connectivity index (χ4n) is 1.40. The molecule has 0 heterocycles. The van der Waals surface area contributed by atoms with E-state index in [-0.39, 0.29) is 11.3 Å². The van der Waals surface area contributed by atoms with Gasteiger partial charge < -0.3 is 5.11 Å². The van der Waals surface area contributed by atoms with Gasteiger partial charge in [-0.3, -0.25) is 15.0 Å². The number of nitrogens with zero attached hydrogens (tertiary/aromatic N) is 3. The van der Waals surface area contributed by atoms with Crippen molar-refractivity contribution < 1.29 is 19.5 Å². The molecule has 104 valence electrons. The molecular formula is C12H12N4O4. The van der Waals surface area contributed by atoms with Gasteiger partial charge in [0.15, 0.2) is 6.19 Å². The molecule has 8 heteroatoms. The molecule has 0 unspecified atom stereocenters. The number of rotatable bonds is 2. The Morgan fingerprint density at radius 3 is 2.50 bits per heavy atom. The fraction of sp³-hybridized carbons (Fsp3) is 0.167. The Labute approximate surface area is 114 Å². The van der Waals surface area contributed by atoms with E-state index < -0.39 is 18.0 Å². The zero-order valence-corrected chi connectivity index (χ0v) is 10.8. The number of hydrogen-bond acceptors (Lipinski definition) is 4. The molecule has 0 aliphatic rings. The van der Waals surface area contributed by atoms with Crippen LogP contribution in [0.3, 0.4) is 0 Å². The standard InChI is InChI=1S/C12H12N4O4/c1-15(7-13)12(20)16(2)10(17)8-4-3-5-9(6-8)14-11(18)19/h3-6,14H,1-2H3,(H,18,19). The van der Waals surface area contributed by atoms with Crippen LogP contribution in [0.2, 0.25) is 0 Å². The van der Waals surface area contributed by atoms with Gasteiger partial charge in [-0.2, -0.15) is 5.26 Å². The van der Waals surface area contributed by atoms with Crippen molar-refractivity contribution in [2.24, 2.45) is 0 Å². The zero-order chi connectivity index (χ0) is 15.3. The van der Waals surface area contributed by atoms with Crippen LogP contribution in [0.4, 0.5) is 15.3 Å². The molecule has 1 aromatic rings. The molecule has 0 bridgehead atoms. The van der Waals surface area contributed by atoms with Crippen molar-refractivity contribution in [3.8, 4) is 6.19 Å². The van der Waals surface area contributed by atoms with Crippen molar-refractivity contribution in [2.75, 3.05) is 19.4 Å². The normalized spacial score (nSPS) is 9.25. The van der Waals surface area contributed by atoms with E-state index in [0.717, 1.165) is 4.90 Å². The Kier molecular flexibility index (Phi) is 4.64. The second-order valence-corrected chi connectivity index (χ2v) is 3.82. The van der Waals surface area contributed by atoms with E-state index in [4.69, 9.17) is 10.4 Å². The third-order valence-corrected chi connectivity index (χ3v) is 2.39. The summed E-state index contributed by atoms with van der Waals surface area (Å²) < 4.78 is 0. The predicted molar refractivity (Wildman–Crippen MR) is 69.0 cm³/mol. The number of urea groups is 1. The predicted octanol–water partition coefficient (Wildman–Crippen LogP) is 1.38. The van der Waals surface area contributed by atoms with Gasteiger partial charge in [0.05, 0.1) is 0 Å². The molecule has 2 N–H and O–H groups in total. The maximum Gasteiger partial charge on any atom is 0.409 e. The van der Waals surface area contributed by atoms with Crippen molar-refractivity contribution in [1.29, 1.82) is 5.26 Å². The highest BCUT2D eigenvalue weighted by Crippen LogP contribution is 2.13. The molecule has 0 saturated heterocycles. The first-order chi connectivity index (χ1) is 9.36. The van der Waals surface area contributed by atoms with Crippen LogP contribution in [0.15, 0.2) is 24.3 Å². The number of nitriles is 1. The Morgan fingerprint density at radius 1 is 1.30 bits per heavy atom. The highest BCUT2D eigenvalue weighted by molar-refractivity contribution is 6.04. The summed E-state index contributed by atoms with van der Waals surface area (Å²) in [5.41, 5.74) is 0.330. The molecule has 1 rings (SSSR count). The number of hydrogen-bond donors (Lipinski definition) is 2. The van der Waals surface area contributed by atoms with Crippen LogP contribution >= 0.6 is 0 Å². The topological polar surface area (TPSA) is 114 Å². The van der Waals surface area contributed by atoms with E-state index in [1.54, 1.807) is 6.19 Å². The minimum absolute atomic E-state index is 0.124. The molecule has 0 aliphatic carbocycles. The highest BCUT2D eigenvalue weighted by atomic mass is 16.4. The second kappa shape index (κ2) is 6.19. The Bertz CT molecular complexity index is 593. The minimum Gasteiger partial charge on any atom is -0.465 e. The smallest absolute Gasteiger partial charge is 0.409 e. The summed E-state index contributed by atoms with van der Waals surface area (Å²) in [7, 11) is 2.46. The lowest BCUT2D eigenvalue weighted by atomic mass is 10.2. The number of amides is 4. The molecule has 20 heavy (non-hydrogen) atoms. The van der Waals surface area contributed by atoms with Crippen LogP contribution in [0.25, 0.3) is 0 Å². The lowest BCUT2D eigenvalue weighted by molar-refractivity contribution is 0.0816. The van der Waals surface area contributed by atoms with Gasteiger partial charge in [-0.15, -0.1) is 0 Å². The first kappa shape index (κ1) is 15.0. The van der Waals surface area contributed by atoms with Crippen molar-refractivity contribution in [3.05, 3.63) is 29.8 Å². The van der Waals surface area contributed by atoms with Crippen molar-refractivity contribution in [2.45, 2.75) is 0 Å². The maximum atomic E-state index is 12.0. The lowest BCUT2D eigenvalue weighted by Gasteiger charge is -2.18. The van der Waals surface area contributed by atoms with Gasteiger partial charge in [-0.25, -0.2) is 14.5 Å². The van der Waals surface area contributed by atoms with Gasteiger partial charge in [0.25, 0.3) is 5.91 Å². The molecule has 0 aliphatic heterocycles. The first-order valence-electron chi connectivity index (χ1n) is 5.42. The summed E-state index contributed by atoms with van der Waals surface area (Å²) in [4.78, 5) is 35.7. The third-order valence-electron chi connectivity index (χ3n) is 2.39. The average Bonchev–Trinajstić information content (AvgIpc) is 2.43. The van der Waals surface area contributed by atoms with Gasteiger partial charge in [-0.1, -0.05) is 6.07 Å². The summed E-state index contributed by atoms with van der Waals surface area (Å²) in [6.45, 7) is 0. The fourth-order valence-corrected chi connectivity index (χ4v) is 1.40. The molecule has 0 fully saturated rings. The number of carboxylic acid groups (broad SMARTS) is 1. The van der Waals surface area contributed by atoms with Crippen LogP contribution in [-0.4, -0.2) is 47.0 Å². The van der Waals surface area contributed by atoms with Crippen molar-refractivity contribution in [3.63, 3.8) is 0 Å². The van der Waals surface area contributed by atoms with Crippen LogP contribution in [0, 0.1) is 11.5 Å². The highest BCUT2D eigenvalue weighted by Gasteiger charge is 2.21. The van der Waals surface area contributed by atoms with E-state index in [9.17, 15) is 14.4 Å². The summed E-state index contributed by atoms with van der Waals surface area (Å²) in [5, 5.41) is 19.3. The van der Waals surface area contributed by atoms with E-state index in [1.807, 2.05) is 0 Å². The van der Waals surface area contributed by atoms with Gasteiger partial charge in [-0.05, 0) is 18.2 Å². The van der Waals surface area contributed by atoms with Gasteiger partial charge >= 0.3 is 12.1 Å². The molecule has 8 nitrogen and oxygen atoms in total. The Hall–Kier alpha value is -3.08. The largest absolute Gasteiger partial charge is 0.465 e. The first-order valence-corrected chi connectivity index (χ1v) is 5.42. The molecule has 4 amide bonds. The molecule has 0 aromatic heterocycles. The molecule has 0 saturated carbocycles. The number of carbonyl (C=O) groups is 3. The zero-order valence-electron chi connectivity index (χ0n) is 10.8. The number of benzene rings is 1. The number of nitrogens with one attached hydrogen (secondary N) is 1. The van der Waals surface area contributed by atoms with Gasteiger partial charge in [0, 0.05) is 25.3 Å². The van der Waals surface area contributed by atoms with E-state index in [1.165, 1.54) is 38.4 Å². The summed E-state index contributed by atoms with van der Waals surface area (Å²) >= 11 is 0. The molecule has 0 radical (unpaired) electrons. The number of imide groups is 1.